The molecule has 0 saturated carbocycles. The van der Waals surface area contributed by atoms with Gasteiger partial charge in [-0.15, -0.1) is 0 Å². The smallest absolute Gasteiger partial charge is 0.318 e. The predicted octanol–water partition coefficient (Wildman–Crippen LogP) is 1.46. The van der Waals surface area contributed by atoms with Crippen LogP contribution < -0.4 is 11.5 Å². The van der Waals surface area contributed by atoms with E-state index in [-0.39, 0.29) is 5.97 Å². The molecule has 0 spiro atoms. The Hall–Kier alpha value is -1.75. The number of nitrogens with two attached hydrogens (primary N) is 2. The first-order valence-corrected chi connectivity index (χ1v) is 6.50. The molecule has 4 N–H and O–H groups in total. The Balaban J connectivity index is 2.41. The van der Waals surface area contributed by atoms with Crippen molar-refractivity contribution in [2.75, 3.05) is 31.3 Å². The summed E-state index contributed by atoms with van der Waals surface area (Å²) in [5, 5.41) is 0. The average Bonchev–Trinajstić information content (AvgIpc) is 2.43. The van der Waals surface area contributed by atoms with Crippen LogP contribution in [0, 0.1) is 0 Å². The number of hydrogen-bond donors (Lipinski definition) is 2. The van der Waals surface area contributed by atoms with Crippen LogP contribution in [0.25, 0.3) is 0 Å². The molecule has 2 rings (SSSR count). The van der Waals surface area contributed by atoms with Gasteiger partial charge in [0.05, 0.1) is 24.6 Å². The molecule has 0 amide bonds. The number of ether oxygens (including phenoxy) is 2. The monoisotopic (exact) mass is 264 g/mol. The molecule has 0 aliphatic carbocycles. The van der Waals surface area contributed by atoms with Gasteiger partial charge in [-0.2, -0.15) is 0 Å². The minimum atomic E-state index is -0.754. The second kappa shape index (κ2) is 5.48. The van der Waals surface area contributed by atoms with Crippen LogP contribution in [-0.2, 0) is 19.7 Å². The standard InChI is InChI=1S/C14H20N2O3/c1-2-19-13(17)14(6-3-7-18-9-14)10-4-5-11(15)12(16)8-10/h4-5,8H,2-3,6-7,9,15-16H2,1H3. The van der Waals surface area contributed by atoms with Gasteiger partial charge in [-0.3, -0.25) is 4.79 Å². The molecule has 1 unspecified atom stereocenters. The Morgan fingerprint density at radius 2 is 2.21 bits per heavy atom. The molecule has 0 bridgehead atoms. The number of carbonyl (C=O) groups is 1. The highest BCUT2D eigenvalue weighted by Gasteiger charge is 2.43. The molecule has 1 aliphatic heterocycles. The molecule has 19 heavy (non-hydrogen) atoms. The van der Waals surface area contributed by atoms with E-state index in [1.54, 1.807) is 19.1 Å². The third-order valence-corrected chi connectivity index (χ3v) is 3.55. The Morgan fingerprint density at radius 3 is 2.79 bits per heavy atom. The number of esters is 1. The van der Waals surface area contributed by atoms with Gasteiger partial charge < -0.3 is 20.9 Å². The molecule has 1 aromatic rings. The SMILES string of the molecule is CCOC(=O)C1(c2ccc(N)c(N)c2)CCCOC1. The Bertz CT molecular complexity index is 468. The molecule has 1 fully saturated rings. The van der Waals surface area contributed by atoms with Gasteiger partial charge in [0.1, 0.15) is 5.41 Å². The largest absolute Gasteiger partial charge is 0.465 e. The lowest BCUT2D eigenvalue weighted by molar-refractivity contribution is -0.155. The normalized spacial score (nSPS) is 23.0. The topological polar surface area (TPSA) is 87.6 Å². The van der Waals surface area contributed by atoms with E-state index in [0.717, 1.165) is 12.0 Å². The number of anilines is 2. The van der Waals surface area contributed by atoms with E-state index < -0.39 is 5.41 Å². The van der Waals surface area contributed by atoms with E-state index in [2.05, 4.69) is 0 Å². The van der Waals surface area contributed by atoms with Crippen molar-refractivity contribution < 1.29 is 14.3 Å². The zero-order chi connectivity index (χ0) is 13.9. The first-order chi connectivity index (χ1) is 9.10. The van der Waals surface area contributed by atoms with Crippen LogP contribution in [0.3, 0.4) is 0 Å². The maximum absolute atomic E-state index is 12.3. The predicted molar refractivity (Wildman–Crippen MR) is 73.6 cm³/mol. The van der Waals surface area contributed by atoms with Gasteiger partial charge in [0, 0.05) is 6.61 Å². The quantitative estimate of drug-likeness (QED) is 0.637. The summed E-state index contributed by atoms with van der Waals surface area (Å²) < 4.78 is 10.7. The van der Waals surface area contributed by atoms with E-state index in [0.29, 0.717) is 37.6 Å². The van der Waals surface area contributed by atoms with Gasteiger partial charge in [0.25, 0.3) is 0 Å². The Morgan fingerprint density at radius 1 is 1.42 bits per heavy atom. The summed E-state index contributed by atoms with van der Waals surface area (Å²) in [5.74, 6) is -0.251. The molecule has 1 aliphatic rings. The van der Waals surface area contributed by atoms with E-state index in [1.807, 2.05) is 6.07 Å². The number of hydrogen-bond acceptors (Lipinski definition) is 5. The van der Waals surface area contributed by atoms with Crippen LogP contribution >= 0.6 is 0 Å². The van der Waals surface area contributed by atoms with Crippen LogP contribution in [0.5, 0.6) is 0 Å². The summed E-state index contributed by atoms with van der Waals surface area (Å²) in [5.41, 5.74) is 12.6. The molecule has 0 radical (unpaired) electrons. The number of rotatable bonds is 3. The van der Waals surface area contributed by atoms with E-state index in [1.165, 1.54) is 0 Å². The second-order valence-electron chi connectivity index (χ2n) is 4.80. The van der Waals surface area contributed by atoms with Crippen LogP contribution in [0.4, 0.5) is 11.4 Å². The van der Waals surface area contributed by atoms with Crippen molar-refractivity contribution in [1.82, 2.24) is 0 Å². The first kappa shape index (κ1) is 13.7. The van der Waals surface area contributed by atoms with E-state index in [4.69, 9.17) is 20.9 Å². The third kappa shape index (κ3) is 2.51. The summed E-state index contributed by atoms with van der Waals surface area (Å²) in [6.45, 7) is 3.15. The first-order valence-electron chi connectivity index (χ1n) is 6.50. The molecule has 1 aromatic carbocycles. The molecular weight excluding hydrogens is 244 g/mol. The summed E-state index contributed by atoms with van der Waals surface area (Å²) >= 11 is 0. The number of benzene rings is 1. The fourth-order valence-corrected chi connectivity index (χ4v) is 2.44. The minimum absolute atomic E-state index is 0.251. The minimum Gasteiger partial charge on any atom is -0.465 e. The summed E-state index contributed by atoms with van der Waals surface area (Å²) in [7, 11) is 0. The highest BCUT2D eigenvalue weighted by molar-refractivity contribution is 5.84. The molecule has 104 valence electrons. The molecule has 1 saturated heterocycles. The number of carbonyl (C=O) groups excluding carboxylic acids is 1. The lowest BCUT2D eigenvalue weighted by Gasteiger charge is -2.35. The number of nitrogen functional groups attached to an aromatic ring is 2. The van der Waals surface area contributed by atoms with Crippen molar-refractivity contribution in [2.24, 2.45) is 0 Å². The van der Waals surface area contributed by atoms with Crippen LogP contribution in [0.2, 0.25) is 0 Å². The van der Waals surface area contributed by atoms with Gasteiger partial charge >= 0.3 is 5.97 Å². The molecule has 1 atom stereocenters. The van der Waals surface area contributed by atoms with E-state index in [9.17, 15) is 4.79 Å². The van der Waals surface area contributed by atoms with Gasteiger partial charge in [0.15, 0.2) is 0 Å². The van der Waals surface area contributed by atoms with Crippen molar-refractivity contribution >= 4 is 17.3 Å². The lowest BCUT2D eigenvalue weighted by atomic mass is 9.76. The van der Waals surface area contributed by atoms with Crippen molar-refractivity contribution in [3.8, 4) is 0 Å². The zero-order valence-electron chi connectivity index (χ0n) is 11.1. The average molecular weight is 264 g/mol. The van der Waals surface area contributed by atoms with Crippen molar-refractivity contribution in [2.45, 2.75) is 25.2 Å². The van der Waals surface area contributed by atoms with Crippen LogP contribution in [0.1, 0.15) is 25.3 Å². The molecule has 1 heterocycles. The Labute approximate surface area is 112 Å². The van der Waals surface area contributed by atoms with E-state index >= 15 is 0 Å². The fraction of sp³-hybridized carbons (Fsp3) is 0.500. The summed E-state index contributed by atoms with van der Waals surface area (Å²) in [6.07, 6.45) is 1.53. The van der Waals surface area contributed by atoms with Crippen molar-refractivity contribution in [3.05, 3.63) is 23.8 Å². The molecule has 5 heteroatoms. The van der Waals surface area contributed by atoms with Gasteiger partial charge in [-0.25, -0.2) is 0 Å². The van der Waals surface area contributed by atoms with Gasteiger partial charge in [-0.1, -0.05) is 6.07 Å². The molecule has 5 nitrogen and oxygen atoms in total. The summed E-state index contributed by atoms with van der Waals surface area (Å²) in [6, 6.07) is 5.30. The maximum Gasteiger partial charge on any atom is 0.318 e. The highest BCUT2D eigenvalue weighted by atomic mass is 16.5. The van der Waals surface area contributed by atoms with Crippen molar-refractivity contribution in [3.63, 3.8) is 0 Å². The molecule has 0 aromatic heterocycles. The van der Waals surface area contributed by atoms with Crippen LogP contribution in [-0.4, -0.2) is 25.8 Å². The fourth-order valence-electron chi connectivity index (χ4n) is 2.44. The van der Waals surface area contributed by atoms with Gasteiger partial charge in [0.2, 0.25) is 0 Å². The van der Waals surface area contributed by atoms with Crippen molar-refractivity contribution in [1.29, 1.82) is 0 Å². The second-order valence-corrected chi connectivity index (χ2v) is 4.80. The third-order valence-electron chi connectivity index (χ3n) is 3.55. The molecular formula is C14H20N2O3. The van der Waals surface area contributed by atoms with Gasteiger partial charge in [-0.05, 0) is 37.5 Å². The Kier molecular flexibility index (Phi) is 3.95. The van der Waals surface area contributed by atoms with Crippen LogP contribution in [0.15, 0.2) is 18.2 Å². The maximum atomic E-state index is 12.3. The summed E-state index contributed by atoms with van der Waals surface area (Å²) in [4.78, 5) is 12.3. The lowest BCUT2D eigenvalue weighted by Crippen LogP contribution is -2.44. The zero-order valence-corrected chi connectivity index (χ0v) is 11.1. The highest BCUT2D eigenvalue weighted by Crippen LogP contribution is 2.36.